The zero-order valence-corrected chi connectivity index (χ0v) is 15.3. The molecule has 1 fully saturated rings. The monoisotopic (exact) mass is 373 g/mol. The lowest BCUT2D eigenvalue weighted by Crippen LogP contribution is -2.32. The van der Waals surface area contributed by atoms with Gasteiger partial charge in [0.1, 0.15) is 5.75 Å². The van der Waals surface area contributed by atoms with Crippen molar-refractivity contribution in [2.45, 2.75) is 6.42 Å². The van der Waals surface area contributed by atoms with Gasteiger partial charge in [-0.05, 0) is 30.7 Å². The van der Waals surface area contributed by atoms with Crippen LogP contribution >= 0.6 is 7.37 Å². The van der Waals surface area contributed by atoms with E-state index in [1.165, 1.54) is 23.7 Å². The third kappa shape index (κ3) is 4.21. The Morgan fingerprint density at radius 3 is 2.38 bits per heavy atom. The number of amides is 1. The van der Waals surface area contributed by atoms with Gasteiger partial charge in [0, 0.05) is 36.5 Å². The average Bonchev–Trinajstić information content (AvgIpc) is 3.11. The Balaban J connectivity index is 1.62. The van der Waals surface area contributed by atoms with Crippen molar-refractivity contribution in [1.82, 2.24) is 4.90 Å². The van der Waals surface area contributed by atoms with Crippen molar-refractivity contribution in [3.05, 3.63) is 60.2 Å². The van der Waals surface area contributed by atoms with Crippen LogP contribution in [0.1, 0.15) is 16.8 Å². The Labute approximate surface area is 151 Å². The lowest BCUT2D eigenvalue weighted by molar-refractivity contribution is 0.0922. The van der Waals surface area contributed by atoms with Gasteiger partial charge in [-0.25, -0.2) is 4.79 Å². The molecule has 136 valence electrons. The molecule has 7 heteroatoms. The van der Waals surface area contributed by atoms with E-state index in [4.69, 9.17) is 4.74 Å². The minimum absolute atomic E-state index is 0.0737. The zero-order chi connectivity index (χ0) is 18.7. The van der Waals surface area contributed by atoms with Crippen molar-refractivity contribution in [2.75, 3.05) is 19.8 Å². The fourth-order valence-corrected chi connectivity index (χ4v) is 3.63. The molecule has 0 spiro atoms. The quantitative estimate of drug-likeness (QED) is 0.658. The molecule has 2 unspecified atom stereocenters. The number of benzene rings is 2. The number of likely N-dealkylation sites (tertiary alicyclic amines) is 1. The number of hydrogen-bond acceptors (Lipinski definition) is 4. The number of hydrogen-bond donors (Lipinski definition) is 1. The number of carbonyl (C=O) groups excluding carboxylic acids is 2. The molecule has 2 atom stereocenters. The molecule has 26 heavy (non-hydrogen) atoms. The maximum Gasteiger partial charge on any atom is 0.415 e. The van der Waals surface area contributed by atoms with Crippen LogP contribution in [0.5, 0.6) is 5.75 Å². The summed E-state index contributed by atoms with van der Waals surface area (Å²) in [7, 11) is -3.33. The van der Waals surface area contributed by atoms with Gasteiger partial charge >= 0.3 is 6.09 Å². The van der Waals surface area contributed by atoms with Crippen molar-refractivity contribution in [3.8, 4) is 5.75 Å². The van der Waals surface area contributed by atoms with E-state index < -0.39 is 13.5 Å². The molecule has 6 nitrogen and oxygen atoms in total. The van der Waals surface area contributed by atoms with E-state index in [1.54, 1.807) is 36.4 Å². The van der Waals surface area contributed by atoms with Gasteiger partial charge in [-0.15, -0.1) is 0 Å². The van der Waals surface area contributed by atoms with Crippen LogP contribution in [0.25, 0.3) is 0 Å². The Morgan fingerprint density at radius 1 is 1.12 bits per heavy atom. The SMILES string of the molecule is CP(=O)(O)c1ccc(C(=O)C2CCN(C(=O)Oc3ccccc3)C2)cc1. The summed E-state index contributed by atoms with van der Waals surface area (Å²) in [6.07, 6.45) is 0.102. The molecule has 0 aromatic heterocycles. The molecule has 3 rings (SSSR count). The molecule has 1 saturated heterocycles. The van der Waals surface area contributed by atoms with E-state index in [-0.39, 0.29) is 11.7 Å². The van der Waals surface area contributed by atoms with Gasteiger partial charge in [0.05, 0.1) is 0 Å². The second-order valence-electron chi connectivity index (χ2n) is 6.40. The standard InChI is InChI=1S/C19H20NO5P/c1-26(23,24)17-9-7-14(8-10-17)18(21)15-11-12-20(13-15)19(22)25-16-5-3-2-4-6-16/h2-10,15H,11-13H2,1H3,(H,23,24). The van der Waals surface area contributed by atoms with Gasteiger partial charge in [-0.3, -0.25) is 9.36 Å². The van der Waals surface area contributed by atoms with Crippen molar-refractivity contribution in [2.24, 2.45) is 5.92 Å². The zero-order valence-electron chi connectivity index (χ0n) is 14.4. The summed E-state index contributed by atoms with van der Waals surface area (Å²) in [4.78, 5) is 35.9. The number of carbonyl (C=O) groups is 2. The van der Waals surface area contributed by atoms with Gasteiger partial charge in [0.15, 0.2) is 5.78 Å². The Kier molecular flexibility index (Phi) is 5.25. The van der Waals surface area contributed by atoms with Crippen LogP contribution in [0.4, 0.5) is 4.79 Å². The maximum absolute atomic E-state index is 12.6. The topological polar surface area (TPSA) is 83.9 Å². The normalized spacial score (nSPS) is 19.0. The van der Waals surface area contributed by atoms with E-state index in [9.17, 15) is 19.0 Å². The van der Waals surface area contributed by atoms with E-state index in [0.717, 1.165) is 0 Å². The summed E-state index contributed by atoms with van der Waals surface area (Å²) in [5.74, 6) is 0.0954. The first-order valence-corrected chi connectivity index (χ1v) is 10.4. The fourth-order valence-electron chi connectivity index (χ4n) is 2.93. The fraction of sp³-hybridized carbons (Fsp3) is 0.263. The molecule has 0 radical (unpaired) electrons. The molecule has 0 aliphatic carbocycles. The lowest BCUT2D eigenvalue weighted by Gasteiger charge is -2.16. The van der Waals surface area contributed by atoms with Crippen LogP contribution < -0.4 is 10.0 Å². The summed E-state index contributed by atoms with van der Waals surface area (Å²) < 4.78 is 16.9. The number of ether oxygens (including phenoxy) is 1. The Hall–Kier alpha value is -2.43. The summed E-state index contributed by atoms with van der Waals surface area (Å²) >= 11 is 0. The van der Waals surface area contributed by atoms with Gasteiger partial charge in [0.2, 0.25) is 7.37 Å². The second-order valence-corrected chi connectivity index (χ2v) is 8.68. The van der Waals surface area contributed by atoms with Crippen LogP contribution in [0.15, 0.2) is 54.6 Å². The van der Waals surface area contributed by atoms with Gasteiger partial charge in [0.25, 0.3) is 0 Å². The van der Waals surface area contributed by atoms with Crippen LogP contribution in [0, 0.1) is 5.92 Å². The summed E-state index contributed by atoms with van der Waals surface area (Å²) in [6.45, 7) is 2.02. The van der Waals surface area contributed by atoms with E-state index in [1.807, 2.05) is 6.07 Å². The van der Waals surface area contributed by atoms with Crippen LogP contribution in [0.2, 0.25) is 0 Å². The van der Waals surface area contributed by atoms with E-state index in [0.29, 0.717) is 36.1 Å². The minimum atomic E-state index is -3.33. The predicted octanol–water partition coefficient (Wildman–Crippen LogP) is 2.92. The highest BCUT2D eigenvalue weighted by Gasteiger charge is 2.32. The lowest BCUT2D eigenvalue weighted by atomic mass is 9.97. The van der Waals surface area contributed by atoms with Gasteiger partial charge in [-0.2, -0.15) is 0 Å². The van der Waals surface area contributed by atoms with Crippen LogP contribution in [-0.4, -0.2) is 41.4 Å². The number of para-hydroxylation sites is 1. The molecular weight excluding hydrogens is 353 g/mol. The first-order chi connectivity index (χ1) is 12.3. The maximum atomic E-state index is 12.6. The Bertz CT molecular complexity index is 844. The van der Waals surface area contributed by atoms with Crippen molar-refractivity contribution >= 4 is 24.5 Å². The number of ketones is 1. The molecule has 2 aromatic rings. The highest BCUT2D eigenvalue weighted by Crippen LogP contribution is 2.33. The Morgan fingerprint density at radius 2 is 1.77 bits per heavy atom. The second kappa shape index (κ2) is 7.44. The highest BCUT2D eigenvalue weighted by atomic mass is 31.2. The number of nitrogens with zero attached hydrogens (tertiary/aromatic N) is 1. The molecule has 0 bridgehead atoms. The van der Waals surface area contributed by atoms with E-state index in [2.05, 4.69) is 0 Å². The van der Waals surface area contributed by atoms with E-state index >= 15 is 0 Å². The molecule has 1 aliphatic rings. The third-order valence-corrected chi connectivity index (χ3v) is 5.65. The third-order valence-electron chi connectivity index (χ3n) is 4.40. The summed E-state index contributed by atoms with van der Waals surface area (Å²) in [5, 5.41) is 0.313. The molecule has 1 aliphatic heterocycles. The summed E-state index contributed by atoms with van der Waals surface area (Å²) in [6, 6.07) is 14.9. The number of Topliss-reactive ketones (excluding diaryl/α,β-unsaturated/α-hetero) is 1. The molecule has 1 heterocycles. The van der Waals surface area contributed by atoms with Crippen molar-refractivity contribution < 1.29 is 23.8 Å². The molecule has 2 aromatic carbocycles. The van der Waals surface area contributed by atoms with Crippen molar-refractivity contribution in [3.63, 3.8) is 0 Å². The largest absolute Gasteiger partial charge is 0.415 e. The van der Waals surface area contributed by atoms with Crippen LogP contribution in [-0.2, 0) is 4.57 Å². The number of rotatable bonds is 4. The minimum Gasteiger partial charge on any atom is -0.410 e. The first kappa shape index (κ1) is 18.4. The van der Waals surface area contributed by atoms with Crippen LogP contribution in [0.3, 0.4) is 0 Å². The van der Waals surface area contributed by atoms with Gasteiger partial charge in [-0.1, -0.05) is 30.3 Å². The molecule has 1 amide bonds. The first-order valence-electron chi connectivity index (χ1n) is 8.31. The predicted molar refractivity (Wildman–Crippen MR) is 98.3 cm³/mol. The molecule has 1 N–H and O–H groups in total. The average molecular weight is 373 g/mol. The summed E-state index contributed by atoms with van der Waals surface area (Å²) in [5.41, 5.74) is 0.477. The molecular formula is C19H20NO5P. The highest BCUT2D eigenvalue weighted by molar-refractivity contribution is 7.65. The molecule has 0 saturated carbocycles. The smallest absolute Gasteiger partial charge is 0.410 e. The van der Waals surface area contributed by atoms with Crippen molar-refractivity contribution in [1.29, 1.82) is 0 Å². The van der Waals surface area contributed by atoms with Gasteiger partial charge < -0.3 is 14.5 Å².